The number of hydrogen-bond donors (Lipinski definition) is 1. The van der Waals surface area contributed by atoms with Gasteiger partial charge in [0.1, 0.15) is 11.6 Å². The summed E-state index contributed by atoms with van der Waals surface area (Å²) in [6, 6.07) is 9.66. The minimum absolute atomic E-state index is 0.341. The average molecular weight is 356 g/mol. The van der Waals surface area contributed by atoms with Crippen molar-refractivity contribution >= 4 is 5.96 Å². The Kier molecular flexibility index (Phi) is 7.61. The predicted molar refractivity (Wildman–Crippen MR) is 103 cm³/mol. The van der Waals surface area contributed by atoms with Crippen molar-refractivity contribution in [2.45, 2.75) is 19.4 Å². The molecular weight excluding hydrogens is 331 g/mol. The lowest BCUT2D eigenvalue weighted by atomic mass is 10.3. The van der Waals surface area contributed by atoms with Gasteiger partial charge in [0, 0.05) is 45.5 Å². The predicted octanol–water partition coefficient (Wildman–Crippen LogP) is 3.99. The Morgan fingerprint density at radius 1 is 1.38 bits per heavy atom. The number of aliphatic imine (C=N–C) groups is 1. The molecule has 0 amide bonds. The molecule has 1 N–H and O–H groups in total. The summed E-state index contributed by atoms with van der Waals surface area (Å²) in [5.41, 5.74) is 0.997. The second-order valence-electron chi connectivity index (χ2n) is 5.82. The fourth-order valence-electron chi connectivity index (χ4n) is 2.37. The lowest BCUT2D eigenvalue weighted by molar-refractivity contribution is 0.457. The Hall–Kier alpha value is -2.89. The fourth-order valence-corrected chi connectivity index (χ4v) is 2.37. The van der Waals surface area contributed by atoms with Crippen LogP contribution in [0.4, 0.5) is 4.39 Å². The number of nitrogens with zero attached hydrogens (tertiary/aromatic N) is 3. The minimum Gasteiger partial charge on any atom is -0.439 e. The third-order valence-electron chi connectivity index (χ3n) is 3.74. The smallest absolute Gasteiger partial charge is 0.219 e. The van der Waals surface area contributed by atoms with E-state index < -0.39 is 0 Å². The maximum atomic E-state index is 13.2. The number of aromatic nitrogens is 1. The first-order valence-electron chi connectivity index (χ1n) is 8.53. The van der Waals surface area contributed by atoms with Gasteiger partial charge in [-0.05, 0) is 30.5 Å². The summed E-state index contributed by atoms with van der Waals surface area (Å²) in [5.74, 6) is 1.33. The molecule has 0 radical (unpaired) electrons. The van der Waals surface area contributed by atoms with E-state index in [1.807, 2.05) is 19.2 Å². The molecule has 0 aliphatic rings. The molecule has 0 unspecified atom stereocenters. The van der Waals surface area contributed by atoms with Crippen LogP contribution in [0.15, 0.2) is 60.2 Å². The number of guanidine groups is 1. The molecule has 0 fully saturated rings. The molecule has 6 heteroatoms. The summed E-state index contributed by atoms with van der Waals surface area (Å²) in [6.07, 6.45) is 5.67. The fraction of sp³-hybridized carbons (Fsp3) is 0.300. The van der Waals surface area contributed by atoms with Crippen molar-refractivity contribution < 1.29 is 9.13 Å². The van der Waals surface area contributed by atoms with E-state index in [2.05, 4.69) is 26.8 Å². The van der Waals surface area contributed by atoms with Crippen molar-refractivity contribution in [1.29, 1.82) is 0 Å². The zero-order valence-electron chi connectivity index (χ0n) is 15.3. The third kappa shape index (κ3) is 6.20. The molecule has 0 saturated heterocycles. The van der Waals surface area contributed by atoms with Gasteiger partial charge in [0.15, 0.2) is 5.96 Å². The van der Waals surface area contributed by atoms with Crippen molar-refractivity contribution in [3.05, 3.63) is 66.6 Å². The Bertz CT molecular complexity index is 731. The summed E-state index contributed by atoms with van der Waals surface area (Å²) in [4.78, 5) is 10.6. The summed E-state index contributed by atoms with van der Waals surface area (Å²) < 4.78 is 18.7. The number of pyridine rings is 1. The van der Waals surface area contributed by atoms with Crippen LogP contribution in [-0.4, -0.2) is 36.5 Å². The second kappa shape index (κ2) is 10.2. The minimum atomic E-state index is -0.341. The molecule has 5 nitrogen and oxygen atoms in total. The number of halogens is 1. The van der Waals surface area contributed by atoms with Gasteiger partial charge in [-0.25, -0.2) is 9.37 Å². The first-order chi connectivity index (χ1) is 12.6. The lowest BCUT2D eigenvalue weighted by Crippen LogP contribution is -2.38. The molecule has 0 atom stereocenters. The Labute approximate surface area is 154 Å². The molecule has 138 valence electrons. The molecule has 0 spiro atoms. The SMILES string of the molecule is C=CCCCN(C)C(=NC)NCc1ccc(Oc2cccc(F)c2)nc1. The molecule has 0 bridgehead atoms. The van der Waals surface area contributed by atoms with Crippen molar-refractivity contribution in [1.82, 2.24) is 15.2 Å². The third-order valence-corrected chi connectivity index (χ3v) is 3.74. The molecule has 1 aromatic carbocycles. The van der Waals surface area contributed by atoms with Crippen LogP contribution in [0.3, 0.4) is 0 Å². The normalized spacial score (nSPS) is 11.1. The van der Waals surface area contributed by atoms with E-state index in [1.54, 1.807) is 31.4 Å². The van der Waals surface area contributed by atoms with Gasteiger partial charge in [0.25, 0.3) is 0 Å². The monoisotopic (exact) mass is 356 g/mol. The van der Waals surface area contributed by atoms with Crippen LogP contribution in [0.5, 0.6) is 11.6 Å². The first-order valence-corrected chi connectivity index (χ1v) is 8.53. The number of hydrogen-bond acceptors (Lipinski definition) is 3. The Balaban J connectivity index is 1.87. The van der Waals surface area contributed by atoms with E-state index in [4.69, 9.17) is 4.74 Å². The zero-order valence-corrected chi connectivity index (χ0v) is 15.3. The molecule has 0 saturated carbocycles. The quantitative estimate of drug-likeness (QED) is 0.336. The maximum absolute atomic E-state index is 13.2. The largest absolute Gasteiger partial charge is 0.439 e. The number of benzene rings is 1. The first kappa shape index (κ1) is 19.4. The van der Waals surface area contributed by atoms with Gasteiger partial charge < -0.3 is 15.0 Å². The average Bonchev–Trinajstić information content (AvgIpc) is 2.64. The van der Waals surface area contributed by atoms with Crippen molar-refractivity contribution in [3.63, 3.8) is 0 Å². The van der Waals surface area contributed by atoms with Crippen LogP contribution in [0, 0.1) is 5.82 Å². The van der Waals surface area contributed by atoms with Crippen LogP contribution in [0.2, 0.25) is 0 Å². The number of nitrogens with one attached hydrogen (secondary N) is 1. The highest BCUT2D eigenvalue weighted by Gasteiger charge is 2.06. The summed E-state index contributed by atoms with van der Waals surface area (Å²) in [7, 11) is 3.77. The number of ether oxygens (including phenoxy) is 1. The zero-order chi connectivity index (χ0) is 18.8. The maximum Gasteiger partial charge on any atom is 0.219 e. The molecule has 2 aromatic rings. The van der Waals surface area contributed by atoms with Gasteiger partial charge in [-0.2, -0.15) is 0 Å². The van der Waals surface area contributed by atoms with E-state index in [-0.39, 0.29) is 5.82 Å². The van der Waals surface area contributed by atoms with Crippen LogP contribution in [0.1, 0.15) is 18.4 Å². The molecule has 1 aromatic heterocycles. The van der Waals surface area contributed by atoms with Crippen molar-refractivity contribution in [2.24, 2.45) is 4.99 Å². The summed E-state index contributed by atoms with van der Waals surface area (Å²) in [6.45, 7) is 5.25. The molecule has 0 aliphatic heterocycles. The Morgan fingerprint density at radius 2 is 2.23 bits per heavy atom. The van der Waals surface area contributed by atoms with Gasteiger partial charge in [-0.3, -0.25) is 4.99 Å². The van der Waals surface area contributed by atoms with Gasteiger partial charge >= 0.3 is 0 Å². The van der Waals surface area contributed by atoms with Gasteiger partial charge in [0.2, 0.25) is 5.88 Å². The molecule has 2 rings (SSSR count). The highest BCUT2D eigenvalue weighted by Crippen LogP contribution is 2.19. The topological polar surface area (TPSA) is 49.8 Å². The number of rotatable bonds is 8. The van der Waals surface area contributed by atoms with Crippen molar-refractivity contribution in [2.75, 3.05) is 20.6 Å². The van der Waals surface area contributed by atoms with Crippen LogP contribution in [0.25, 0.3) is 0 Å². The second-order valence-corrected chi connectivity index (χ2v) is 5.82. The number of unbranched alkanes of at least 4 members (excludes halogenated alkanes) is 1. The van der Waals surface area contributed by atoms with Gasteiger partial charge in [-0.15, -0.1) is 6.58 Å². The Morgan fingerprint density at radius 3 is 2.88 bits per heavy atom. The highest BCUT2D eigenvalue weighted by atomic mass is 19.1. The van der Waals surface area contributed by atoms with Crippen LogP contribution >= 0.6 is 0 Å². The summed E-state index contributed by atoms with van der Waals surface area (Å²) in [5, 5.41) is 3.31. The van der Waals surface area contributed by atoms with E-state index in [0.717, 1.165) is 30.9 Å². The molecule has 1 heterocycles. The molecule has 26 heavy (non-hydrogen) atoms. The summed E-state index contributed by atoms with van der Waals surface area (Å²) >= 11 is 0. The molecule has 0 aliphatic carbocycles. The van der Waals surface area contributed by atoms with E-state index in [9.17, 15) is 4.39 Å². The van der Waals surface area contributed by atoms with Gasteiger partial charge in [-0.1, -0.05) is 18.2 Å². The van der Waals surface area contributed by atoms with E-state index >= 15 is 0 Å². The lowest BCUT2D eigenvalue weighted by Gasteiger charge is -2.21. The van der Waals surface area contributed by atoms with Crippen LogP contribution < -0.4 is 10.1 Å². The van der Waals surface area contributed by atoms with Crippen molar-refractivity contribution in [3.8, 4) is 11.6 Å². The standard InChI is InChI=1S/C20H25FN4O/c1-4-5-6-12-25(3)20(22-2)24-15-16-10-11-19(23-14-16)26-18-9-7-8-17(21)13-18/h4,7-11,13-14H,1,5-6,12,15H2,2-3H3,(H,22,24). The van der Waals surface area contributed by atoms with E-state index in [1.165, 1.54) is 12.1 Å². The highest BCUT2D eigenvalue weighted by molar-refractivity contribution is 5.79. The van der Waals surface area contributed by atoms with E-state index in [0.29, 0.717) is 18.2 Å². The van der Waals surface area contributed by atoms with Crippen LogP contribution in [-0.2, 0) is 6.54 Å². The van der Waals surface area contributed by atoms with Gasteiger partial charge in [0.05, 0.1) is 0 Å². The number of allylic oxidation sites excluding steroid dienone is 1. The molecular formula is C20H25FN4O.